The first-order chi connectivity index (χ1) is 21.4. The lowest BCUT2D eigenvalue weighted by Gasteiger charge is -2.30. The van der Waals surface area contributed by atoms with Gasteiger partial charge in [0.25, 0.3) is 10.0 Å². The fraction of sp³-hybridized carbons (Fsp3) is 0.344. The Hall–Kier alpha value is -4.10. The van der Waals surface area contributed by atoms with Crippen LogP contribution < -0.4 is 18.9 Å². The molecule has 1 saturated heterocycles. The lowest BCUT2D eigenvalue weighted by Crippen LogP contribution is -2.34. The number of methoxy groups -OCH3 is 1. The molecule has 2 heterocycles. The number of fused-ring (bicyclic) bond motifs is 1. The summed E-state index contributed by atoms with van der Waals surface area (Å²) in [6.07, 6.45) is -0.189. The van der Waals surface area contributed by atoms with Gasteiger partial charge in [0.2, 0.25) is 0 Å². The molecular weight excluding hydrogens is 614 g/mol. The first-order valence-electron chi connectivity index (χ1n) is 14.4. The van der Waals surface area contributed by atoms with Crippen LogP contribution in [0.15, 0.2) is 71.8 Å². The second-order valence-corrected chi connectivity index (χ2v) is 12.6. The maximum Gasteiger partial charge on any atom is 0.417 e. The van der Waals surface area contributed by atoms with Crippen molar-refractivity contribution in [1.82, 2.24) is 9.88 Å². The summed E-state index contributed by atoms with van der Waals surface area (Å²) in [5.74, 6) is 0.669. The summed E-state index contributed by atoms with van der Waals surface area (Å²) in [7, 11) is -3.20. The average Bonchev–Trinajstić information content (AvgIpc) is 3.01. The molecule has 0 radical (unpaired) electrons. The van der Waals surface area contributed by atoms with E-state index in [-0.39, 0.29) is 17.2 Å². The molecule has 1 aliphatic heterocycles. The Morgan fingerprint density at radius 1 is 0.978 bits per heavy atom. The third kappa shape index (κ3) is 7.77. The van der Waals surface area contributed by atoms with Crippen LogP contribution in [0.3, 0.4) is 0 Å². The Morgan fingerprint density at radius 3 is 2.47 bits per heavy atom. The molecule has 8 nitrogen and oxygen atoms in total. The summed E-state index contributed by atoms with van der Waals surface area (Å²) in [5.41, 5.74) is -1.04. The van der Waals surface area contributed by atoms with Gasteiger partial charge in [0.05, 0.1) is 35.4 Å². The number of anilines is 1. The minimum absolute atomic E-state index is 0.186. The number of benzene rings is 3. The molecule has 13 heteroatoms. The molecule has 1 N–H and O–H groups in total. The smallest absolute Gasteiger partial charge is 0.417 e. The van der Waals surface area contributed by atoms with E-state index in [0.717, 1.165) is 62.3 Å². The van der Waals surface area contributed by atoms with E-state index in [1.807, 2.05) is 0 Å². The van der Waals surface area contributed by atoms with Gasteiger partial charge in [0.15, 0.2) is 23.1 Å². The summed E-state index contributed by atoms with van der Waals surface area (Å²) in [6.45, 7) is 5.88. The predicted molar refractivity (Wildman–Crippen MR) is 162 cm³/mol. The molecule has 5 rings (SSSR count). The fourth-order valence-corrected chi connectivity index (χ4v) is 6.43. The minimum atomic E-state index is -4.90. The lowest BCUT2D eigenvalue weighted by molar-refractivity contribution is -0.139. The number of nitrogens with one attached hydrogen (secondary N) is 1. The van der Waals surface area contributed by atoms with E-state index in [4.69, 9.17) is 14.2 Å². The molecule has 1 fully saturated rings. The maximum absolute atomic E-state index is 14.9. The second-order valence-electron chi connectivity index (χ2n) is 10.9. The van der Waals surface area contributed by atoms with E-state index in [2.05, 4.69) is 21.5 Å². The zero-order valence-corrected chi connectivity index (χ0v) is 25.6. The maximum atomic E-state index is 14.9. The monoisotopic (exact) mass is 647 g/mol. The van der Waals surface area contributed by atoms with Gasteiger partial charge in [-0.05, 0) is 74.7 Å². The van der Waals surface area contributed by atoms with Crippen molar-refractivity contribution < 1.29 is 40.2 Å². The number of halogens is 4. The lowest BCUT2D eigenvalue weighted by atomic mass is 9.99. The zero-order valence-electron chi connectivity index (χ0n) is 24.7. The molecule has 0 spiro atoms. The SMILES string of the molecule is COc1cc2c(Oc3cc(NS(=O)(=O)c4ccccc4C(F)(F)F)ccc3F)ccnc2cc1OCCCN1CCC(C)CC1. The number of aromatic nitrogens is 1. The molecule has 3 aromatic carbocycles. The molecule has 1 aromatic heterocycles. The number of ether oxygens (including phenoxy) is 3. The topological polar surface area (TPSA) is 90.0 Å². The summed E-state index contributed by atoms with van der Waals surface area (Å²) >= 11 is 0. The highest BCUT2D eigenvalue weighted by Gasteiger charge is 2.37. The first kappa shape index (κ1) is 32.3. The molecule has 4 aromatic rings. The van der Waals surface area contributed by atoms with Crippen molar-refractivity contribution in [1.29, 1.82) is 0 Å². The summed E-state index contributed by atoms with van der Waals surface area (Å²) in [4.78, 5) is 5.85. The molecule has 0 aliphatic carbocycles. The Balaban J connectivity index is 1.33. The van der Waals surface area contributed by atoms with E-state index in [1.165, 1.54) is 38.3 Å². The fourth-order valence-electron chi connectivity index (χ4n) is 5.15. The van der Waals surface area contributed by atoms with Crippen LogP contribution in [-0.2, 0) is 16.2 Å². The van der Waals surface area contributed by atoms with Crippen LogP contribution in [0.1, 0.15) is 31.7 Å². The number of likely N-dealkylation sites (tertiary alicyclic amines) is 1. The summed E-state index contributed by atoms with van der Waals surface area (Å²) in [6, 6.07) is 11.7. The van der Waals surface area contributed by atoms with Gasteiger partial charge in [-0.1, -0.05) is 19.1 Å². The number of hydrogen-bond acceptors (Lipinski definition) is 7. The van der Waals surface area contributed by atoms with Crippen molar-refractivity contribution in [3.8, 4) is 23.0 Å². The van der Waals surface area contributed by atoms with Crippen molar-refractivity contribution in [2.24, 2.45) is 5.92 Å². The quantitative estimate of drug-likeness (QED) is 0.133. The van der Waals surface area contributed by atoms with Gasteiger partial charge in [-0.2, -0.15) is 13.2 Å². The van der Waals surface area contributed by atoms with Gasteiger partial charge in [-0.15, -0.1) is 0 Å². The highest BCUT2D eigenvalue weighted by molar-refractivity contribution is 7.92. The van der Waals surface area contributed by atoms with Crippen LogP contribution in [0.2, 0.25) is 0 Å². The summed E-state index contributed by atoms with van der Waals surface area (Å²) < 4.78 is 101. The van der Waals surface area contributed by atoms with Gasteiger partial charge < -0.3 is 19.1 Å². The number of piperidine rings is 1. The Bertz CT molecular complexity index is 1760. The average molecular weight is 648 g/mol. The number of rotatable bonds is 11. The molecule has 1 aliphatic rings. The number of hydrogen-bond donors (Lipinski definition) is 1. The third-order valence-electron chi connectivity index (χ3n) is 7.62. The third-order valence-corrected chi connectivity index (χ3v) is 9.06. The van der Waals surface area contributed by atoms with E-state index in [0.29, 0.717) is 35.1 Å². The number of alkyl halides is 3. The first-order valence-corrected chi connectivity index (χ1v) is 15.9. The van der Waals surface area contributed by atoms with Gasteiger partial charge >= 0.3 is 6.18 Å². The molecule has 0 bridgehead atoms. The highest BCUT2D eigenvalue weighted by atomic mass is 32.2. The van der Waals surface area contributed by atoms with E-state index >= 15 is 0 Å². The Morgan fingerprint density at radius 2 is 1.73 bits per heavy atom. The molecule has 0 unspecified atom stereocenters. The van der Waals surface area contributed by atoms with Crippen LogP contribution in [0, 0.1) is 11.7 Å². The summed E-state index contributed by atoms with van der Waals surface area (Å²) in [5, 5.41) is 0.466. The van der Waals surface area contributed by atoms with Crippen LogP contribution in [0.4, 0.5) is 23.2 Å². The molecule has 0 atom stereocenters. The predicted octanol–water partition coefficient (Wildman–Crippen LogP) is 7.50. The zero-order chi connectivity index (χ0) is 32.2. The molecule has 45 heavy (non-hydrogen) atoms. The van der Waals surface area contributed by atoms with Crippen LogP contribution in [0.25, 0.3) is 10.9 Å². The Kier molecular flexibility index (Phi) is 9.68. The van der Waals surface area contributed by atoms with Gasteiger partial charge in [-0.3, -0.25) is 9.71 Å². The van der Waals surface area contributed by atoms with E-state index in [1.54, 1.807) is 12.1 Å². The van der Waals surface area contributed by atoms with Crippen molar-refractivity contribution in [3.63, 3.8) is 0 Å². The Labute approximate surface area is 259 Å². The normalized spacial score (nSPS) is 14.8. The highest BCUT2D eigenvalue weighted by Crippen LogP contribution is 2.39. The molecule has 240 valence electrons. The number of pyridine rings is 1. The van der Waals surface area contributed by atoms with Crippen LogP contribution in [-0.4, -0.2) is 51.7 Å². The van der Waals surface area contributed by atoms with Gasteiger partial charge in [0, 0.05) is 30.3 Å². The van der Waals surface area contributed by atoms with Crippen molar-refractivity contribution in [2.45, 2.75) is 37.3 Å². The van der Waals surface area contributed by atoms with E-state index in [9.17, 15) is 26.0 Å². The van der Waals surface area contributed by atoms with Gasteiger partial charge in [0.1, 0.15) is 5.75 Å². The van der Waals surface area contributed by atoms with Crippen molar-refractivity contribution in [2.75, 3.05) is 38.1 Å². The minimum Gasteiger partial charge on any atom is -0.493 e. The van der Waals surface area contributed by atoms with Gasteiger partial charge in [-0.25, -0.2) is 12.8 Å². The largest absolute Gasteiger partial charge is 0.493 e. The number of nitrogens with zero attached hydrogens (tertiary/aromatic N) is 2. The second kappa shape index (κ2) is 13.5. The van der Waals surface area contributed by atoms with Crippen molar-refractivity contribution in [3.05, 3.63) is 78.2 Å². The standard InChI is InChI=1S/C32H33F4N3O5S/c1-21-11-15-39(16-12-21)14-5-17-43-30-20-26-23(19-29(30)42-2)27(10-13-37-26)44-28-18-22(8-9-25(28)33)38-45(40,41)31-7-4-3-6-24(31)32(34,35)36/h3-4,6-10,13,18-21,38H,5,11-12,14-17H2,1-2H3. The van der Waals surface area contributed by atoms with E-state index < -0.39 is 32.5 Å². The molecule has 0 saturated carbocycles. The van der Waals surface area contributed by atoms with Crippen LogP contribution in [0.5, 0.6) is 23.0 Å². The number of sulfonamides is 1. The molecule has 0 amide bonds. The molecular formula is C32H33F4N3O5S. The van der Waals surface area contributed by atoms with Crippen LogP contribution >= 0.6 is 0 Å². The van der Waals surface area contributed by atoms with Crippen molar-refractivity contribution >= 4 is 26.6 Å².